The second-order valence-electron chi connectivity index (χ2n) is 10.9. The Balaban J connectivity index is 1.81. The summed E-state index contributed by atoms with van der Waals surface area (Å²) >= 11 is 0. The van der Waals surface area contributed by atoms with E-state index in [4.69, 9.17) is 0 Å². The van der Waals surface area contributed by atoms with Crippen molar-refractivity contribution in [1.29, 1.82) is 0 Å². The number of likely N-dealkylation sites (tertiary alicyclic amines) is 1. The van der Waals surface area contributed by atoms with Gasteiger partial charge in [-0.05, 0) is 74.5 Å². The third-order valence-electron chi connectivity index (χ3n) is 7.70. The van der Waals surface area contributed by atoms with Crippen molar-refractivity contribution in [2.24, 2.45) is 17.8 Å². The van der Waals surface area contributed by atoms with Gasteiger partial charge in [-0.3, -0.25) is 0 Å². The van der Waals surface area contributed by atoms with Crippen LogP contribution in [0.1, 0.15) is 78.4 Å². The molecule has 2 unspecified atom stereocenters. The Labute approximate surface area is 172 Å². The molecule has 0 bridgehead atoms. The molecule has 3 aliphatic rings. The SMILES string of the molecule is CC(C)C1=C(N2CC3(CCCc4ccccc43)CC2(C)C)C(C(C)C)CC=C1. The first kappa shape index (κ1) is 19.8. The average molecular weight is 378 g/mol. The second-order valence-corrected chi connectivity index (χ2v) is 10.9. The lowest BCUT2D eigenvalue weighted by Crippen LogP contribution is -2.42. The minimum absolute atomic E-state index is 0.207. The van der Waals surface area contributed by atoms with Crippen LogP contribution in [0.4, 0.5) is 0 Å². The van der Waals surface area contributed by atoms with Gasteiger partial charge in [0.2, 0.25) is 0 Å². The van der Waals surface area contributed by atoms with Gasteiger partial charge in [0.15, 0.2) is 0 Å². The molecule has 1 aliphatic heterocycles. The van der Waals surface area contributed by atoms with E-state index in [1.54, 1.807) is 22.4 Å². The zero-order valence-electron chi connectivity index (χ0n) is 18.9. The van der Waals surface area contributed by atoms with Gasteiger partial charge in [0, 0.05) is 29.1 Å². The van der Waals surface area contributed by atoms with Crippen LogP contribution in [-0.2, 0) is 11.8 Å². The second kappa shape index (κ2) is 7.08. The highest BCUT2D eigenvalue weighted by Crippen LogP contribution is 2.53. The smallest absolute Gasteiger partial charge is 0.0352 e. The van der Waals surface area contributed by atoms with Crippen LogP contribution in [0.2, 0.25) is 0 Å². The van der Waals surface area contributed by atoms with Crippen molar-refractivity contribution in [3.63, 3.8) is 0 Å². The Kier molecular flexibility index (Phi) is 5.01. The highest BCUT2D eigenvalue weighted by Gasteiger charge is 2.52. The fraction of sp³-hybridized carbons (Fsp3) is 0.630. The number of nitrogens with zero attached hydrogens (tertiary/aromatic N) is 1. The molecule has 4 rings (SSSR count). The van der Waals surface area contributed by atoms with Crippen LogP contribution in [0, 0.1) is 17.8 Å². The minimum atomic E-state index is 0.207. The Bertz CT molecular complexity index is 794. The van der Waals surface area contributed by atoms with Crippen molar-refractivity contribution in [3.05, 3.63) is 58.8 Å². The van der Waals surface area contributed by atoms with E-state index >= 15 is 0 Å². The number of allylic oxidation sites excluding steroid dienone is 4. The molecule has 1 saturated heterocycles. The van der Waals surface area contributed by atoms with Gasteiger partial charge in [0.25, 0.3) is 0 Å². The largest absolute Gasteiger partial charge is 0.368 e. The van der Waals surface area contributed by atoms with E-state index in [-0.39, 0.29) is 5.54 Å². The van der Waals surface area contributed by atoms with Crippen LogP contribution in [0.5, 0.6) is 0 Å². The van der Waals surface area contributed by atoms with Gasteiger partial charge < -0.3 is 4.90 Å². The van der Waals surface area contributed by atoms with Crippen LogP contribution < -0.4 is 0 Å². The topological polar surface area (TPSA) is 3.24 Å². The van der Waals surface area contributed by atoms with Crippen LogP contribution in [-0.4, -0.2) is 17.0 Å². The first-order chi connectivity index (χ1) is 13.3. The Morgan fingerprint density at radius 3 is 2.54 bits per heavy atom. The van der Waals surface area contributed by atoms with Gasteiger partial charge >= 0.3 is 0 Å². The number of hydrogen-bond donors (Lipinski definition) is 0. The van der Waals surface area contributed by atoms with E-state index in [1.807, 2.05) is 0 Å². The molecular formula is C27H39N. The Hall–Kier alpha value is -1.50. The summed E-state index contributed by atoms with van der Waals surface area (Å²) < 4.78 is 0. The molecule has 2 aliphatic carbocycles. The van der Waals surface area contributed by atoms with Crippen molar-refractivity contribution in [1.82, 2.24) is 4.90 Å². The van der Waals surface area contributed by atoms with Crippen molar-refractivity contribution in [2.75, 3.05) is 6.54 Å². The normalized spacial score (nSPS) is 29.3. The van der Waals surface area contributed by atoms with Gasteiger partial charge in [-0.15, -0.1) is 0 Å². The van der Waals surface area contributed by atoms with Crippen LogP contribution in [0.25, 0.3) is 0 Å². The van der Waals surface area contributed by atoms with Crippen LogP contribution >= 0.6 is 0 Å². The number of aryl methyl sites for hydroxylation is 1. The zero-order valence-corrected chi connectivity index (χ0v) is 18.9. The summed E-state index contributed by atoms with van der Waals surface area (Å²) in [6.45, 7) is 15.8. The van der Waals surface area contributed by atoms with Crippen molar-refractivity contribution in [3.8, 4) is 0 Å². The zero-order chi connectivity index (χ0) is 20.1. The summed E-state index contributed by atoms with van der Waals surface area (Å²) in [5.74, 6) is 1.91. The van der Waals surface area contributed by atoms with Gasteiger partial charge in [-0.1, -0.05) is 64.1 Å². The third kappa shape index (κ3) is 3.15. The Morgan fingerprint density at radius 2 is 1.82 bits per heavy atom. The predicted octanol–water partition coefficient (Wildman–Crippen LogP) is 6.89. The van der Waals surface area contributed by atoms with Crippen molar-refractivity contribution < 1.29 is 0 Å². The minimum Gasteiger partial charge on any atom is -0.368 e. The molecule has 0 N–H and O–H groups in total. The van der Waals surface area contributed by atoms with Gasteiger partial charge in [-0.2, -0.15) is 0 Å². The van der Waals surface area contributed by atoms with Gasteiger partial charge in [0.05, 0.1) is 0 Å². The standard InChI is InChI=1S/C27H39N/c1-19(2)22-13-9-14-23(20(3)4)25(22)28-18-27(17-26(28,5)6)16-10-12-21-11-7-8-15-24(21)27/h7-9,11,13,15,19-20,23H,10,12,14,16-18H2,1-6H3. The number of fused-ring (bicyclic) bond motifs is 2. The Morgan fingerprint density at radius 1 is 1.07 bits per heavy atom. The molecule has 1 fully saturated rings. The van der Waals surface area contributed by atoms with Crippen molar-refractivity contribution >= 4 is 0 Å². The maximum absolute atomic E-state index is 2.86. The molecule has 1 heteroatoms. The van der Waals surface area contributed by atoms with E-state index in [1.165, 1.54) is 38.6 Å². The lowest BCUT2D eigenvalue weighted by molar-refractivity contribution is 0.182. The van der Waals surface area contributed by atoms with E-state index < -0.39 is 0 Å². The average Bonchev–Trinajstić information content (AvgIpc) is 2.92. The molecule has 1 aromatic rings. The van der Waals surface area contributed by atoms with E-state index in [9.17, 15) is 0 Å². The summed E-state index contributed by atoms with van der Waals surface area (Å²) in [5, 5.41) is 0. The van der Waals surface area contributed by atoms with Crippen LogP contribution in [0.3, 0.4) is 0 Å². The molecule has 0 saturated carbocycles. The molecule has 152 valence electrons. The highest BCUT2D eigenvalue weighted by atomic mass is 15.2. The molecule has 1 heterocycles. The third-order valence-corrected chi connectivity index (χ3v) is 7.70. The van der Waals surface area contributed by atoms with E-state index in [0.717, 1.165) is 0 Å². The molecule has 2 atom stereocenters. The number of benzene rings is 1. The molecule has 28 heavy (non-hydrogen) atoms. The molecular weight excluding hydrogens is 338 g/mol. The summed E-state index contributed by atoms with van der Waals surface area (Å²) in [7, 11) is 0. The lowest BCUT2D eigenvalue weighted by atomic mass is 9.67. The first-order valence-electron chi connectivity index (χ1n) is 11.5. The number of rotatable bonds is 3. The fourth-order valence-electron chi connectivity index (χ4n) is 6.45. The van der Waals surface area contributed by atoms with E-state index in [2.05, 4.69) is 82.9 Å². The lowest BCUT2D eigenvalue weighted by Gasteiger charge is -2.43. The molecule has 0 amide bonds. The summed E-state index contributed by atoms with van der Waals surface area (Å²) in [6, 6.07) is 9.31. The summed E-state index contributed by atoms with van der Waals surface area (Å²) in [6.07, 6.45) is 11.3. The quantitative estimate of drug-likeness (QED) is 0.554. The fourth-order valence-corrected chi connectivity index (χ4v) is 6.45. The predicted molar refractivity (Wildman–Crippen MR) is 120 cm³/mol. The molecule has 1 aromatic carbocycles. The molecule has 1 spiro atoms. The number of hydrogen-bond acceptors (Lipinski definition) is 1. The first-order valence-corrected chi connectivity index (χ1v) is 11.5. The molecule has 0 aromatic heterocycles. The highest BCUT2D eigenvalue weighted by molar-refractivity contribution is 5.42. The molecule has 0 radical (unpaired) electrons. The van der Waals surface area contributed by atoms with Gasteiger partial charge in [0.1, 0.15) is 0 Å². The monoisotopic (exact) mass is 377 g/mol. The van der Waals surface area contributed by atoms with E-state index in [0.29, 0.717) is 23.2 Å². The van der Waals surface area contributed by atoms with Gasteiger partial charge in [-0.25, -0.2) is 0 Å². The summed E-state index contributed by atoms with van der Waals surface area (Å²) in [5.41, 5.74) is 7.04. The maximum atomic E-state index is 2.86. The summed E-state index contributed by atoms with van der Waals surface area (Å²) in [4.78, 5) is 2.86. The van der Waals surface area contributed by atoms with Crippen LogP contribution in [0.15, 0.2) is 47.7 Å². The maximum Gasteiger partial charge on any atom is 0.0352 e. The molecule has 1 nitrogen and oxygen atoms in total. The van der Waals surface area contributed by atoms with Crippen molar-refractivity contribution in [2.45, 2.75) is 84.6 Å².